The second-order valence-corrected chi connectivity index (χ2v) is 9.53. The Morgan fingerprint density at radius 1 is 0.939 bits per heavy atom. The maximum Gasteiger partial charge on any atom is 0.174 e. The van der Waals surface area contributed by atoms with Crippen LogP contribution in [-0.2, 0) is 11.2 Å². The summed E-state index contributed by atoms with van der Waals surface area (Å²) >= 11 is 0. The zero-order chi connectivity index (χ0) is 23.2. The molecule has 2 aromatic rings. The molecule has 2 aromatic carbocycles. The molecular weight excluding hydrogens is 414 g/mol. The average molecular weight is 449 g/mol. The third-order valence-corrected chi connectivity index (χ3v) is 7.45. The standard InChI is InChI=1S/C30H34F2O/c1-3-5-6-21-7-9-22(10-8-21)11-12-23-16-18-28(30(32)29(23)31)26-14-13-25-20-27(33-4-2)17-15-24(25)19-26/h3,7-10,16,18,24-27H,1,4-6,13-15,17,19-20H2,2H3. The molecule has 4 rings (SSSR count). The van der Waals surface area contributed by atoms with Gasteiger partial charge in [-0.05, 0) is 105 Å². The molecule has 0 saturated heterocycles. The highest BCUT2D eigenvalue weighted by Gasteiger charge is 2.37. The van der Waals surface area contributed by atoms with Crippen LogP contribution >= 0.6 is 0 Å². The Hall–Kier alpha value is -2.44. The fourth-order valence-electron chi connectivity index (χ4n) is 5.65. The van der Waals surface area contributed by atoms with E-state index in [4.69, 9.17) is 4.74 Å². The highest BCUT2D eigenvalue weighted by Crippen LogP contribution is 2.47. The fraction of sp³-hybridized carbons (Fsp3) is 0.467. The maximum atomic E-state index is 15.1. The van der Waals surface area contributed by atoms with Crippen molar-refractivity contribution in [3.05, 3.63) is 82.9 Å². The van der Waals surface area contributed by atoms with Crippen molar-refractivity contribution in [1.29, 1.82) is 0 Å². The summed E-state index contributed by atoms with van der Waals surface area (Å²) in [4.78, 5) is 0. The van der Waals surface area contributed by atoms with Gasteiger partial charge in [0.25, 0.3) is 0 Å². The normalized spacial score (nSPS) is 24.5. The van der Waals surface area contributed by atoms with Crippen LogP contribution in [0.15, 0.2) is 49.1 Å². The van der Waals surface area contributed by atoms with Crippen LogP contribution in [0, 0.1) is 35.3 Å². The molecular formula is C30H34F2O. The van der Waals surface area contributed by atoms with Gasteiger partial charge in [-0.3, -0.25) is 0 Å². The van der Waals surface area contributed by atoms with Gasteiger partial charge in [0.05, 0.1) is 11.7 Å². The lowest BCUT2D eigenvalue weighted by Gasteiger charge is -2.42. The van der Waals surface area contributed by atoms with Gasteiger partial charge >= 0.3 is 0 Å². The predicted molar refractivity (Wildman–Crippen MR) is 130 cm³/mol. The van der Waals surface area contributed by atoms with Crippen LogP contribution in [-0.4, -0.2) is 12.7 Å². The van der Waals surface area contributed by atoms with Gasteiger partial charge in [-0.2, -0.15) is 0 Å². The van der Waals surface area contributed by atoms with Crippen molar-refractivity contribution >= 4 is 0 Å². The summed E-state index contributed by atoms with van der Waals surface area (Å²) in [7, 11) is 0. The molecule has 0 bridgehead atoms. The first kappa shape index (κ1) is 23.7. The van der Waals surface area contributed by atoms with Crippen molar-refractivity contribution in [2.75, 3.05) is 6.61 Å². The molecule has 4 atom stereocenters. The minimum Gasteiger partial charge on any atom is -0.378 e. The molecule has 0 spiro atoms. The summed E-state index contributed by atoms with van der Waals surface area (Å²) in [5.74, 6) is 5.62. The van der Waals surface area contributed by atoms with Crippen molar-refractivity contribution in [2.45, 2.75) is 70.3 Å². The number of halogens is 2. The molecule has 0 aliphatic heterocycles. The van der Waals surface area contributed by atoms with Gasteiger partial charge in [0, 0.05) is 12.2 Å². The molecule has 33 heavy (non-hydrogen) atoms. The highest BCUT2D eigenvalue weighted by atomic mass is 19.2. The SMILES string of the molecule is C=CCCc1ccc(C#Cc2ccc(C3CCC4CC(OCC)CCC4C3)c(F)c2F)cc1. The van der Waals surface area contributed by atoms with Gasteiger partial charge in [-0.1, -0.05) is 36.1 Å². The Kier molecular flexibility index (Phi) is 7.99. The predicted octanol–water partition coefficient (Wildman–Crippen LogP) is 7.57. The van der Waals surface area contributed by atoms with E-state index in [1.165, 1.54) is 5.56 Å². The van der Waals surface area contributed by atoms with Crippen molar-refractivity contribution in [3.8, 4) is 11.8 Å². The maximum absolute atomic E-state index is 15.1. The first-order valence-corrected chi connectivity index (χ1v) is 12.4. The van der Waals surface area contributed by atoms with Crippen LogP contribution < -0.4 is 0 Å². The quantitative estimate of drug-likeness (QED) is 0.327. The first-order chi connectivity index (χ1) is 16.1. The second-order valence-electron chi connectivity index (χ2n) is 9.53. The minimum absolute atomic E-state index is 0.0921. The van der Waals surface area contributed by atoms with Crippen LogP contribution in [0.2, 0.25) is 0 Å². The van der Waals surface area contributed by atoms with Crippen LogP contribution in [0.4, 0.5) is 8.78 Å². The van der Waals surface area contributed by atoms with Crippen molar-refractivity contribution in [2.24, 2.45) is 11.8 Å². The molecule has 2 fully saturated rings. The Bertz CT molecular complexity index is 1010. The molecule has 1 nitrogen and oxygen atoms in total. The van der Waals surface area contributed by atoms with E-state index in [0.29, 0.717) is 23.5 Å². The molecule has 174 valence electrons. The molecule has 0 N–H and O–H groups in total. The number of hydrogen-bond acceptors (Lipinski definition) is 1. The van der Waals surface area contributed by atoms with E-state index in [0.717, 1.165) is 63.5 Å². The van der Waals surface area contributed by atoms with E-state index >= 15 is 4.39 Å². The molecule has 2 aliphatic carbocycles. The van der Waals surface area contributed by atoms with Gasteiger partial charge < -0.3 is 4.74 Å². The van der Waals surface area contributed by atoms with Gasteiger partial charge in [0.15, 0.2) is 11.6 Å². The first-order valence-electron chi connectivity index (χ1n) is 12.4. The summed E-state index contributed by atoms with van der Waals surface area (Å²) in [5, 5.41) is 0. The third kappa shape index (κ3) is 5.74. The number of benzene rings is 2. The summed E-state index contributed by atoms with van der Waals surface area (Å²) in [6.07, 6.45) is 10.4. The number of rotatable bonds is 6. The van der Waals surface area contributed by atoms with Gasteiger partial charge in [-0.15, -0.1) is 6.58 Å². The number of fused-ring (bicyclic) bond motifs is 1. The lowest BCUT2D eigenvalue weighted by atomic mass is 9.65. The molecule has 0 radical (unpaired) electrons. The van der Waals surface area contributed by atoms with E-state index < -0.39 is 11.6 Å². The van der Waals surface area contributed by atoms with E-state index in [1.807, 2.05) is 30.3 Å². The molecule has 0 aromatic heterocycles. The van der Waals surface area contributed by atoms with Crippen molar-refractivity contribution < 1.29 is 13.5 Å². The lowest BCUT2D eigenvalue weighted by Crippen LogP contribution is -2.34. The monoisotopic (exact) mass is 448 g/mol. The number of ether oxygens (including phenoxy) is 1. The van der Waals surface area contributed by atoms with Crippen LogP contribution in [0.1, 0.15) is 80.0 Å². The van der Waals surface area contributed by atoms with E-state index in [-0.39, 0.29) is 11.5 Å². The minimum atomic E-state index is -0.815. The number of aryl methyl sites for hydroxylation is 1. The molecule has 0 amide bonds. The molecule has 2 saturated carbocycles. The summed E-state index contributed by atoms with van der Waals surface area (Å²) in [6, 6.07) is 11.3. The average Bonchev–Trinajstić information content (AvgIpc) is 2.84. The Morgan fingerprint density at radius 2 is 1.70 bits per heavy atom. The number of hydrogen-bond donors (Lipinski definition) is 0. The lowest BCUT2D eigenvalue weighted by molar-refractivity contribution is -0.00970. The van der Waals surface area contributed by atoms with Crippen LogP contribution in [0.25, 0.3) is 0 Å². The zero-order valence-electron chi connectivity index (χ0n) is 19.6. The van der Waals surface area contributed by atoms with Gasteiger partial charge in [0.2, 0.25) is 0 Å². The third-order valence-electron chi connectivity index (χ3n) is 7.45. The largest absolute Gasteiger partial charge is 0.378 e. The van der Waals surface area contributed by atoms with E-state index in [9.17, 15) is 4.39 Å². The molecule has 2 aliphatic rings. The number of allylic oxidation sites excluding steroid dienone is 1. The van der Waals surface area contributed by atoms with Crippen molar-refractivity contribution in [1.82, 2.24) is 0 Å². The Morgan fingerprint density at radius 3 is 2.45 bits per heavy atom. The van der Waals surface area contributed by atoms with Crippen molar-refractivity contribution in [3.63, 3.8) is 0 Å². The molecule has 0 heterocycles. The summed E-state index contributed by atoms with van der Waals surface area (Å²) in [6.45, 7) is 6.56. The molecule has 3 heteroatoms. The Labute approximate surface area is 197 Å². The van der Waals surface area contributed by atoms with Crippen LogP contribution in [0.3, 0.4) is 0 Å². The van der Waals surface area contributed by atoms with E-state index in [2.05, 4.69) is 25.3 Å². The Balaban J connectivity index is 1.43. The zero-order valence-corrected chi connectivity index (χ0v) is 19.6. The highest BCUT2D eigenvalue weighted by molar-refractivity contribution is 5.45. The smallest absolute Gasteiger partial charge is 0.174 e. The summed E-state index contributed by atoms with van der Waals surface area (Å²) in [5.41, 5.74) is 2.65. The van der Waals surface area contributed by atoms with Gasteiger partial charge in [-0.25, -0.2) is 8.78 Å². The van der Waals surface area contributed by atoms with Crippen LogP contribution in [0.5, 0.6) is 0 Å². The van der Waals surface area contributed by atoms with Gasteiger partial charge in [0.1, 0.15) is 0 Å². The summed E-state index contributed by atoms with van der Waals surface area (Å²) < 4.78 is 35.8. The topological polar surface area (TPSA) is 9.23 Å². The second kappa shape index (κ2) is 11.1. The van der Waals surface area contributed by atoms with E-state index in [1.54, 1.807) is 12.1 Å². The molecule has 4 unspecified atom stereocenters. The fourth-order valence-corrected chi connectivity index (χ4v) is 5.65.